The maximum Gasteiger partial charge on any atom is 0.317 e. The standard InChI is InChI=1S/C21H22N2O4S/c1-4-21-17(19(24)26-3)18(15-12-14(25-2)10-11-16(15)27-21)22-20(28)23(21)13-8-6-5-7-9-13/h5-12,17-18H,4H2,1-3H3,(H,22,28)/t17-,18+,21+/m1/s1. The first-order chi connectivity index (χ1) is 13.6. The SMILES string of the molecule is CC[C@@]12Oc3ccc(OC)cc3[C@H](NC(=S)N1c1ccccc1)[C@@H]2C(=O)OC. The molecule has 4 rings (SSSR count). The van der Waals surface area contributed by atoms with E-state index in [2.05, 4.69) is 5.32 Å². The van der Waals surface area contributed by atoms with E-state index in [0.29, 0.717) is 23.0 Å². The summed E-state index contributed by atoms with van der Waals surface area (Å²) >= 11 is 5.72. The quantitative estimate of drug-likeness (QED) is 0.625. The molecular formula is C21H22N2O4S. The fourth-order valence-electron chi connectivity index (χ4n) is 4.21. The van der Waals surface area contributed by atoms with Crippen LogP contribution < -0.4 is 19.7 Å². The van der Waals surface area contributed by atoms with E-state index in [0.717, 1.165) is 11.3 Å². The third-order valence-electron chi connectivity index (χ3n) is 5.49. The third kappa shape index (κ3) is 2.61. The Morgan fingerprint density at radius 3 is 2.64 bits per heavy atom. The number of esters is 1. The Kier molecular flexibility index (Phi) is 4.63. The number of thiocarbonyl (C=S) groups is 1. The molecule has 2 aliphatic rings. The highest BCUT2D eigenvalue weighted by Crippen LogP contribution is 2.51. The predicted molar refractivity (Wildman–Crippen MR) is 110 cm³/mol. The number of nitrogens with one attached hydrogen (secondary N) is 1. The van der Waals surface area contributed by atoms with Crippen LogP contribution in [0, 0.1) is 5.92 Å². The largest absolute Gasteiger partial charge is 0.497 e. The highest BCUT2D eigenvalue weighted by Gasteiger charge is 2.61. The Morgan fingerprint density at radius 2 is 2.00 bits per heavy atom. The molecule has 2 aliphatic heterocycles. The first-order valence-corrected chi connectivity index (χ1v) is 9.57. The van der Waals surface area contributed by atoms with Crippen LogP contribution in [0.2, 0.25) is 0 Å². The Morgan fingerprint density at radius 1 is 1.25 bits per heavy atom. The van der Waals surface area contributed by atoms with Crippen molar-refractivity contribution in [3.8, 4) is 11.5 Å². The lowest BCUT2D eigenvalue weighted by atomic mass is 9.77. The molecule has 1 saturated heterocycles. The lowest BCUT2D eigenvalue weighted by Gasteiger charge is -2.56. The predicted octanol–water partition coefficient (Wildman–Crippen LogP) is 3.42. The zero-order valence-electron chi connectivity index (χ0n) is 16.0. The average Bonchev–Trinajstić information content (AvgIpc) is 2.73. The van der Waals surface area contributed by atoms with Gasteiger partial charge in [0.25, 0.3) is 0 Å². The highest BCUT2D eigenvalue weighted by atomic mass is 32.1. The summed E-state index contributed by atoms with van der Waals surface area (Å²) in [5.41, 5.74) is 0.684. The molecule has 3 atom stereocenters. The van der Waals surface area contributed by atoms with E-state index < -0.39 is 11.6 Å². The number of hydrogen-bond acceptors (Lipinski definition) is 5. The van der Waals surface area contributed by atoms with E-state index in [1.807, 2.05) is 60.4 Å². The summed E-state index contributed by atoms with van der Waals surface area (Å²) in [7, 11) is 3.00. The number of ether oxygens (including phenoxy) is 3. The number of fused-ring (bicyclic) bond motifs is 4. The minimum absolute atomic E-state index is 0.351. The summed E-state index contributed by atoms with van der Waals surface area (Å²) in [6, 6.07) is 14.9. The van der Waals surface area contributed by atoms with Gasteiger partial charge in [-0.15, -0.1) is 0 Å². The van der Waals surface area contributed by atoms with Crippen molar-refractivity contribution in [2.75, 3.05) is 19.1 Å². The zero-order valence-corrected chi connectivity index (χ0v) is 16.8. The number of methoxy groups -OCH3 is 2. The summed E-state index contributed by atoms with van der Waals surface area (Å²) in [4.78, 5) is 14.8. The number of carbonyl (C=O) groups excluding carboxylic acids is 1. The van der Waals surface area contributed by atoms with E-state index in [1.165, 1.54) is 7.11 Å². The summed E-state index contributed by atoms with van der Waals surface area (Å²) < 4.78 is 17.1. The zero-order chi connectivity index (χ0) is 19.9. The van der Waals surface area contributed by atoms with E-state index in [4.69, 9.17) is 26.4 Å². The number of benzene rings is 2. The van der Waals surface area contributed by atoms with Gasteiger partial charge in [0.1, 0.15) is 17.4 Å². The van der Waals surface area contributed by atoms with Crippen LogP contribution in [0.15, 0.2) is 48.5 Å². The molecule has 28 heavy (non-hydrogen) atoms. The van der Waals surface area contributed by atoms with Crippen LogP contribution in [0.3, 0.4) is 0 Å². The molecule has 0 amide bonds. The second-order valence-corrected chi connectivity index (χ2v) is 7.19. The molecular weight excluding hydrogens is 376 g/mol. The summed E-state index contributed by atoms with van der Waals surface area (Å²) in [5.74, 6) is 0.419. The van der Waals surface area contributed by atoms with Crippen LogP contribution in [0.1, 0.15) is 24.9 Å². The summed E-state index contributed by atoms with van der Waals surface area (Å²) in [6.07, 6.45) is 0.533. The van der Waals surface area contributed by atoms with Crippen molar-refractivity contribution < 1.29 is 19.0 Å². The second-order valence-electron chi connectivity index (χ2n) is 6.80. The number of hydrogen-bond donors (Lipinski definition) is 1. The number of nitrogens with zero attached hydrogens (tertiary/aromatic N) is 1. The topological polar surface area (TPSA) is 60.0 Å². The monoisotopic (exact) mass is 398 g/mol. The molecule has 2 aromatic carbocycles. The molecule has 0 saturated carbocycles. The lowest BCUT2D eigenvalue weighted by Crippen LogP contribution is -2.72. The molecule has 2 bridgehead atoms. The van der Waals surface area contributed by atoms with Gasteiger partial charge in [0.15, 0.2) is 5.11 Å². The van der Waals surface area contributed by atoms with Crippen molar-refractivity contribution >= 4 is 29.0 Å². The van der Waals surface area contributed by atoms with Gasteiger partial charge in [-0.25, -0.2) is 0 Å². The number of carbonyl (C=O) groups is 1. The average molecular weight is 398 g/mol. The molecule has 0 spiro atoms. The Balaban J connectivity index is 1.94. The van der Waals surface area contributed by atoms with E-state index in [9.17, 15) is 4.79 Å². The van der Waals surface area contributed by atoms with Crippen molar-refractivity contribution in [1.82, 2.24) is 5.32 Å². The molecule has 0 aliphatic carbocycles. The van der Waals surface area contributed by atoms with E-state index in [1.54, 1.807) is 7.11 Å². The maximum absolute atomic E-state index is 12.9. The van der Waals surface area contributed by atoms with Gasteiger partial charge in [0.05, 0.1) is 20.3 Å². The summed E-state index contributed by atoms with van der Waals surface area (Å²) in [5, 5.41) is 3.86. The minimum atomic E-state index is -0.997. The van der Waals surface area contributed by atoms with Gasteiger partial charge >= 0.3 is 5.97 Å². The van der Waals surface area contributed by atoms with Gasteiger partial charge in [0, 0.05) is 17.7 Å². The Bertz CT molecular complexity index is 920. The molecule has 0 unspecified atom stereocenters. The molecule has 2 aromatic rings. The molecule has 1 fully saturated rings. The first kappa shape index (κ1) is 18.6. The minimum Gasteiger partial charge on any atom is -0.497 e. The van der Waals surface area contributed by atoms with E-state index >= 15 is 0 Å². The van der Waals surface area contributed by atoms with Crippen LogP contribution in [0.5, 0.6) is 11.5 Å². The van der Waals surface area contributed by atoms with E-state index in [-0.39, 0.29) is 12.0 Å². The van der Waals surface area contributed by atoms with Gasteiger partial charge < -0.3 is 19.5 Å². The van der Waals surface area contributed by atoms with Crippen LogP contribution in [-0.2, 0) is 9.53 Å². The number of anilines is 1. The van der Waals surface area contributed by atoms with Crippen molar-refractivity contribution in [2.24, 2.45) is 5.92 Å². The fraction of sp³-hybridized carbons (Fsp3) is 0.333. The molecule has 0 aromatic heterocycles. The molecule has 1 N–H and O–H groups in total. The van der Waals surface area contributed by atoms with Crippen molar-refractivity contribution in [3.05, 3.63) is 54.1 Å². The molecule has 0 radical (unpaired) electrons. The van der Waals surface area contributed by atoms with Gasteiger partial charge in [-0.05, 0) is 42.5 Å². The molecule has 7 heteroatoms. The first-order valence-electron chi connectivity index (χ1n) is 9.16. The smallest absolute Gasteiger partial charge is 0.317 e. The second kappa shape index (κ2) is 6.98. The molecule has 6 nitrogen and oxygen atoms in total. The molecule has 2 heterocycles. The van der Waals surface area contributed by atoms with Gasteiger partial charge in [0.2, 0.25) is 5.72 Å². The normalized spacial score (nSPS) is 25.2. The Labute approximate surface area is 169 Å². The fourth-order valence-corrected chi connectivity index (χ4v) is 4.60. The molecule has 146 valence electrons. The Hall–Kier alpha value is -2.80. The van der Waals surface area contributed by atoms with Crippen molar-refractivity contribution in [1.29, 1.82) is 0 Å². The lowest BCUT2D eigenvalue weighted by molar-refractivity contribution is -0.158. The van der Waals surface area contributed by atoms with Crippen molar-refractivity contribution in [2.45, 2.75) is 25.1 Å². The van der Waals surface area contributed by atoms with Crippen molar-refractivity contribution in [3.63, 3.8) is 0 Å². The summed E-state index contributed by atoms with van der Waals surface area (Å²) in [6.45, 7) is 1.99. The van der Waals surface area contributed by atoms with Crippen LogP contribution in [0.4, 0.5) is 5.69 Å². The van der Waals surface area contributed by atoms with Crippen LogP contribution in [-0.4, -0.2) is 31.0 Å². The third-order valence-corrected chi connectivity index (χ3v) is 5.80. The van der Waals surface area contributed by atoms with Crippen LogP contribution >= 0.6 is 12.2 Å². The van der Waals surface area contributed by atoms with Gasteiger partial charge in [-0.1, -0.05) is 25.1 Å². The number of rotatable bonds is 4. The maximum atomic E-state index is 12.9. The van der Waals surface area contributed by atoms with Gasteiger partial charge in [-0.3, -0.25) is 9.69 Å². The number of para-hydroxylation sites is 1. The van der Waals surface area contributed by atoms with Crippen LogP contribution in [0.25, 0.3) is 0 Å². The highest BCUT2D eigenvalue weighted by molar-refractivity contribution is 7.80. The van der Waals surface area contributed by atoms with Gasteiger partial charge in [-0.2, -0.15) is 0 Å².